The fourth-order valence-corrected chi connectivity index (χ4v) is 2.65. The summed E-state index contributed by atoms with van der Waals surface area (Å²) in [5, 5.41) is 0.868. The zero-order chi connectivity index (χ0) is 13.1. The SMILES string of the molecule is COCc1nc(-c2ccc(C)cc2)sc1C(C)=O. The van der Waals surface area contributed by atoms with Crippen molar-refractivity contribution < 1.29 is 9.53 Å². The molecule has 0 saturated carbocycles. The first-order valence-electron chi connectivity index (χ1n) is 5.68. The number of carbonyl (C=O) groups excluding carboxylic acids is 1. The minimum atomic E-state index is 0.0397. The highest BCUT2D eigenvalue weighted by Crippen LogP contribution is 2.29. The molecule has 0 amide bonds. The maximum Gasteiger partial charge on any atom is 0.171 e. The van der Waals surface area contributed by atoms with Gasteiger partial charge in [0, 0.05) is 19.6 Å². The summed E-state index contributed by atoms with van der Waals surface area (Å²) < 4.78 is 5.08. The van der Waals surface area contributed by atoms with E-state index in [9.17, 15) is 4.79 Å². The number of thiazole rings is 1. The van der Waals surface area contributed by atoms with Crippen molar-refractivity contribution in [1.82, 2.24) is 4.98 Å². The third kappa shape index (κ3) is 2.66. The molecule has 1 aromatic heterocycles. The van der Waals surface area contributed by atoms with Gasteiger partial charge < -0.3 is 4.74 Å². The van der Waals surface area contributed by atoms with Gasteiger partial charge in [-0.15, -0.1) is 11.3 Å². The lowest BCUT2D eigenvalue weighted by Gasteiger charge is -1.96. The van der Waals surface area contributed by atoms with Crippen LogP contribution < -0.4 is 0 Å². The number of nitrogens with zero attached hydrogens (tertiary/aromatic N) is 1. The van der Waals surface area contributed by atoms with Crippen LogP contribution in [-0.4, -0.2) is 17.9 Å². The van der Waals surface area contributed by atoms with Gasteiger partial charge >= 0.3 is 0 Å². The number of aromatic nitrogens is 1. The van der Waals surface area contributed by atoms with E-state index in [1.54, 1.807) is 14.0 Å². The van der Waals surface area contributed by atoms with Crippen molar-refractivity contribution in [1.29, 1.82) is 0 Å². The van der Waals surface area contributed by atoms with E-state index in [0.717, 1.165) is 16.3 Å². The molecule has 0 aliphatic rings. The topological polar surface area (TPSA) is 39.2 Å². The van der Waals surface area contributed by atoms with Gasteiger partial charge in [-0.25, -0.2) is 4.98 Å². The second kappa shape index (κ2) is 5.42. The van der Waals surface area contributed by atoms with Crippen LogP contribution in [0, 0.1) is 6.92 Å². The van der Waals surface area contributed by atoms with Gasteiger partial charge in [0.2, 0.25) is 0 Å². The second-order valence-electron chi connectivity index (χ2n) is 4.15. The standard InChI is InChI=1S/C14H15NO2S/c1-9-4-6-11(7-5-9)14-15-12(8-17-3)13(18-14)10(2)16/h4-7H,8H2,1-3H3. The molecule has 0 radical (unpaired) electrons. The average Bonchev–Trinajstić information content (AvgIpc) is 2.75. The second-order valence-corrected chi connectivity index (χ2v) is 5.15. The van der Waals surface area contributed by atoms with E-state index in [4.69, 9.17) is 4.74 Å². The molecule has 0 aliphatic heterocycles. The van der Waals surface area contributed by atoms with Crippen LogP contribution in [0.5, 0.6) is 0 Å². The fourth-order valence-electron chi connectivity index (χ4n) is 1.68. The third-order valence-electron chi connectivity index (χ3n) is 2.60. The maximum atomic E-state index is 11.6. The van der Waals surface area contributed by atoms with Crippen LogP contribution >= 0.6 is 11.3 Å². The highest BCUT2D eigenvalue weighted by molar-refractivity contribution is 7.17. The Hall–Kier alpha value is -1.52. The first-order valence-corrected chi connectivity index (χ1v) is 6.50. The van der Waals surface area contributed by atoms with Crippen LogP contribution in [0.1, 0.15) is 27.9 Å². The molecule has 0 fully saturated rings. The summed E-state index contributed by atoms with van der Waals surface area (Å²) in [6, 6.07) is 8.13. The quantitative estimate of drug-likeness (QED) is 0.791. The molecular weight excluding hydrogens is 246 g/mol. The first-order chi connectivity index (χ1) is 8.61. The Morgan fingerprint density at radius 1 is 1.33 bits per heavy atom. The largest absolute Gasteiger partial charge is 0.378 e. The van der Waals surface area contributed by atoms with Crippen molar-refractivity contribution >= 4 is 17.1 Å². The molecular formula is C14H15NO2S. The van der Waals surface area contributed by atoms with Gasteiger partial charge in [0.1, 0.15) is 5.01 Å². The van der Waals surface area contributed by atoms with Crippen molar-refractivity contribution in [2.75, 3.05) is 7.11 Å². The fraction of sp³-hybridized carbons (Fsp3) is 0.286. The molecule has 0 unspecified atom stereocenters. The molecule has 0 atom stereocenters. The molecule has 1 aromatic carbocycles. The van der Waals surface area contributed by atoms with Crippen molar-refractivity contribution in [3.63, 3.8) is 0 Å². The highest BCUT2D eigenvalue weighted by atomic mass is 32.1. The summed E-state index contributed by atoms with van der Waals surface area (Å²) >= 11 is 1.43. The van der Waals surface area contributed by atoms with Crippen LogP contribution in [0.3, 0.4) is 0 Å². The number of ether oxygens (including phenoxy) is 1. The highest BCUT2D eigenvalue weighted by Gasteiger charge is 2.15. The van der Waals surface area contributed by atoms with E-state index in [1.165, 1.54) is 16.9 Å². The van der Waals surface area contributed by atoms with Crippen LogP contribution in [0.4, 0.5) is 0 Å². The average molecular weight is 261 g/mol. The van der Waals surface area contributed by atoms with Crippen molar-refractivity contribution in [3.8, 4) is 10.6 Å². The van der Waals surface area contributed by atoms with Crippen LogP contribution in [0.15, 0.2) is 24.3 Å². The summed E-state index contributed by atoms with van der Waals surface area (Å²) in [6.07, 6.45) is 0. The summed E-state index contributed by atoms with van der Waals surface area (Å²) in [4.78, 5) is 16.7. The molecule has 0 spiro atoms. The van der Waals surface area contributed by atoms with E-state index in [2.05, 4.69) is 4.98 Å². The molecule has 0 bridgehead atoms. The molecule has 0 aliphatic carbocycles. The Morgan fingerprint density at radius 2 is 2.00 bits per heavy atom. The molecule has 0 N–H and O–H groups in total. The Labute approximate surface area is 110 Å². The van der Waals surface area contributed by atoms with E-state index >= 15 is 0 Å². The van der Waals surface area contributed by atoms with Gasteiger partial charge in [-0.3, -0.25) is 4.79 Å². The number of methoxy groups -OCH3 is 1. The predicted octanol–water partition coefficient (Wildman–Crippen LogP) is 3.47. The Bertz CT molecular complexity index is 558. The number of aryl methyl sites for hydroxylation is 1. The lowest BCUT2D eigenvalue weighted by molar-refractivity contribution is 0.101. The Morgan fingerprint density at radius 3 is 2.56 bits per heavy atom. The normalized spacial score (nSPS) is 10.6. The van der Waals surface area contributed by atoms with Crippen LogP contribution in [0.25, 0.3) is 10.6 Å². The third-order valence-corrected chi connectivity index (χ3v) is 3.84. The van der Waals surface area contributed by atoms with E-state index in [1.807, 2.05) is 31.2 Å². The van der Waals surface area contributed by atoms with Crippen LogP contribution in [0.2, 0.25) is 0 Å². The van der Waals surface area contributed by atoms with Crippen molar-refractivity contribution in [2.24, 2.45) is 0 Å². The van der Waals surface area contributed by atoms with Crippen LogP contribution in [-0.2, 0) is 11.3 Å². The zero-order valence-corrected chi connectivity index (χ0v) is 11.5. The van der Waals surface area contributed by atoms with Gasteiger partial charge in [-0.05, 0) is 6.92 Å². The van der Waals surface area contributed by atoms with Crippen molar-refractivity contribution in [2.45, 2.75) is 20.5 Å². The monoisotopic (exact) mass is 261 g/mol. The number of Topliss-reactive ketones (excluding diaryl/α,β-unsaturated/α-hetero) is 1. The maximum absolute atomic E-state index is 11.6. The molecule has 1 heterocycles. The smallest absolute Gasteiger partial charge is 0.171 e. The number of carbonyl (C=O) groups is 1. The summed E-state index contributed by atoms with van der Waals surface area (Å²) in [5.41, 5.74) is 2.97. The Kier molecular flexibility index (Phi) is 3.89. The summed E-state index contributed by atoms with van der Waals surface area (Å²) in [7, 11) is 1.61. The molecule has 18 heavy (non-hydrogen) atoms. The number of ketones is 1. The molecule has 94 valence electrons. The van der Waals surface area contributed by atoms with E-state index in [0.29, 0.717) is 11.5 Å². The first kappa shape index (κ1) is 12.9. The Balaban J connectivity index is 2.42. The van der Waals surface area contributed by atoms with E-state index in [-0.39, 0.29) is 5.78 Å². The van der Waals surface area contributed by atoms with Gasteiger partial charge in [-0.1, -0.05) is 29.8 Å². The minimum absolute atomic E-state index is 0.0397. The number of hydrogen-bond acceptors (Lipinski definition) is 4. The number of rotatable bonds is 4. The molecule has 0 saturated heterocycles. The predicted molar refractivity (Wildman–Crippen MR) is 73.0 cm³/mol. The molecule has 2 rings (SSSR count). The lowest BCUT2D eigenvalue weighted by Crippen LogP contribution is -1.97. The summed E-state index contributed by atoms with van der Waals surface area (Å²) in [5.74, 6) is 0.0397. The minimum Gasteiger partial charge on any atom is -0.378 e. The van der Waals surface area contributed by atoms with Gasteiger partial charge in [0.05, 0.1) is 17.2 Å². The zero-order valence-electron chi connectivity index (χ0n) is 10.7. The van der Waals surface area contributed by atoms with Gasteiger partial charge in [-0.2, -0.15) is 0 Å². The summed E-state index contributed by atoms with van der Waals surface area (Å²) in [6.45, 7) is 3.98. The number of hydrogen-bond donors (Lipinski definition) is 0. The van der Waals surface area contributed by atoms with Crippen molar-refractivity contribution in [3.05, 3.63) is 40.4 Å². The van der Waals surface area contributed by atoms with E-state index < -0.39 is 0 Å². The molecule has 3 nitrogen and oxygen atoms in total. The van der Waals surface area contributed by atoms with Gasteiger partial charge in [0.15, 0.2) is 5.78 Å². The molecule has 4 heteroatoms. The van der Waals surface area contributed by atoms with Gasteiger partial charge in [0.25, 0.3) is 0 Å². The molecule has 2 aromatic rings. The lowest BCUT2D eigenvalue weighted by atomic mass is 10.2. The number of benzene rings is 1.